The SMILES string of the molecule is C=CCNC(=O)[C@@H](C)OC(=O)c1ccc2c(c1)C(=O)N(c1ccccc1Cl)C2=O. The van der Waals surface area contributed by atoms with Gasteiger partial charge in [0.05, 0.1) is 27.4 Å². The van der Waals surface area contributed by atoms with Crippen LogP contribution in [0.2, 0.25) is 5.02 Å². The lowest BCUT2D eigenvalue weighted by Crippen LogP contribution is -2.35. The third kappa shape index (κ3) is 3.90. The Labute approximate surface area is 171 Å². The predicted molar refractivity (Wildman–Crippen MR) is 107 cm³/mol. The number of ether oxygens (including phenoxy) is 1. The molecule has 3 amide bonds. The molecule has 29 heavy (non-hydrogen) atoms. The molecule has 3 rings (SSSR count). The van der Waals surface area contributed by atoms with Gasteiger partial charge in [0.15, 0.2) is 6.10 Å². The highest BCUT2D eigenvalue weighted by molar-refractivity contribution is 6.39. The fourth-order valence-corrected chi connectivity index (χ4v) is 3.04. The summed E-state index contributed by atoms with van der Waals surface area (Å²) >= 11 is 6.12. The van der Waals surface area contributed by atoms with Crippen molar-refractivity contribution in [2.75, 3.05) is 11.4 Å². The largest absolute Gasteiger partial charge is 0.449 e. The van der Waals surface area contributed by atoms with Crippen molar-refractivity contribution in [3.8, 4) is 0 Å². The molecular formula is C21H17ClN2O5. The van der Waals surface area contributed by atoms with Gasteiger partial charge in [0.25, 0.3) is 17.7 Å². The van der Waals surface area contributed by atoms with Crippen molar-refractivity contribution in [1.82, 2.24) is 5.32 Å². The van der Waals surface area contributed by atoms with E-state index in [0.29, 0.717) is 0 Å². The molecule has 2 aromatic rings. The van der Waals surface area contributed by atoms with Crippen LogP contribution in [-0.2, 0) is 9.53 Å². The predicted octanol–water partition coefficient (Wildman–Crippen LogP) is 2.99. The number of rotatable bonds is 6. The molecule has 2 aromatic carbocycles. The van der Waals surface area contributed by atoms with E-state index in [9.17, 15) is 19.2 Å². The standard InChI is InChI=1S/C21H17ClN2O5/c1-3-10-23-18(25)12(2)29-21(28)13-8-9-14-15(11-13)20(27)24(19(14)26)17-7-5-4-6-16(17)22/h3-9,11-12H,1,10H2,2H3,(H,23,25)/t12-/m1/s1. The maximum absolute atomic E-state index is 12.8. The number of anilines is 1. The van der Waals surface area contributed by atoms with Crippen LogP contribution in [0.3, 0.4) is 0 Å². The zero-order valence-electron chi connectivity index (χ0n) is 15.5. The summed E-state index contributed by atoms with van der Waals surface area (Å²) in [5, 5.41) is 2.77. The topological polar surface area (TPSA) is 92.8 Å². The summed E-state index contributed by atoms with van der Waals surface area (Å²) in [6.45, 7) is 5.16. The summed E-state index contributed by atoms with van der Waals surface area (Å²) in [6.07, 6.45) is 0.466. The van der Waals surface area contributed by atoms with Crippen LogP contribution in [0.1, 0.15) is 38.0 Å². The lowest BCUT2D eigenvalue weighted by Gasteiger charge is -2.15. The third-order valence-electron chi connectivity index (χ3n) is 4.29. The minimum atomic E-state index is -1.03. The Hall–Kier alpha value is -3.45. The maximum atomic E-state index is 12.8. The third-order valence-corrected chi connectivity index (χ3v) is 4.61. The van der Waals surface area contributed by atoms with Crippen LogP contribution in [0, 0.1) is 0 Å². The Kier molecular flexibility index (Phi) is 5.79. The van der Waals surface area contributed by atoms with Gasteiger partial charge in [0.1, 0.15) is 0 Å². The Bertz CT molecular complexity index is 1030. The molecule has 0 spiro atoms. The van der Waals surface area contributed by atoms with E-state index in [1.54, 1.807) is 24.3 Å². The first-order valence-electron chi connectivity index (χ1n) is 8.72. The van der Waals surface area contributed by atoms with E-state index in [-0.39, 0.29) is 33.9 Å². The molecule has 0 saturated carbocycles. The van der Waals surface area contributed by atoms with Gasteiger partial charge < -0.3 is 10.1 Å². The summed E-state index contributed by atoms with van der Waals surface area (Å²) in [7, 11) is 0. The van der Waals surface area contributed by atoms with Crippen LogP contribution >= 0.6 is 11.6 Å². The van der Waals surface area contributed by atoms with Gasteiger partial charge in [0, 0.05) is 6.54 Å². The fourth-order valence-electron chi connectivity index (χ4n) is 2.82. The summed E-state index contributed by atoms with van der Waals surface area (Å²) in [4.78, 5) is 50.7. The van der Waals surface area contributed by atoms with Crippen LogP contribution < -0.4 is 10.2 Å². The highest BCUT2D eigenvalue weighted by Crippen LogP contribution is 2.33. The highest BCUT2D eigenvalue weighted by Gasteiger charge is 2.38. The monoisotopic (exact) mass is 412 g/mol. The van der Waals surface area contributed by atoms with Gasteiger partial charge in [-0.3, -0.25) is 14.4 Å². The second-order valence-electron chi connectivity index (χ2n) is 6.24. The Morgan fingerprint density at radius 1 is 1.17 bits per heavy atom. The summed E-state index contributed by atoms with van der Waals surface area (Å²) in [5.41, 5.74) is 0.530. The van der Waals surface area contributed by atoms with Crippen molar-refractivity contribution in [3.05, 3.63) is 76.8 Å². The number of nitrogens with zero attached hydrogens (tertiary/aromatic N) is 1. The molecule has 0 radical (unpaired) electrons. The number of amides is 3. The molecule has 0 aliphatic carbocycles. The summed E-state index contributed by atoms with van der Waals surface area (Å²) in [5.74, 6) is -2.39. The second-order valence-corrected chi connectivity index (χ2v) is 6.65. The van der Waals surface area contributed by atoms with E-state index in [4.69, 9.17) is 16.3 Å². The first-order chi connectivity index (χ1) is 13.8. The number of carbonyl (C=O) groups is 4. The molecule has 148 valence electrons. The van der Waals surface area contributed by atoms with E-state index >= 15 is 0 Å². The van der Waals surface area contributed by atoms with E-state index in [2.05, 4.69) is 11.9 Å². The van der Waals surface area contributed by atoms with Crippen molar-refractivity contribution in [1.29, 1.82) is 0 Å². The van der Waals surface area contributed by atoms with Gasteiger partial charge in [-0.25, -0.2) is 9.69 Å². The van der Waals surface area contributed by atoms with Crippen LogP contribution in [0.25, 0.3) is 0 Å². The van der Waals surface area contributed by atoms with Gasteiger partial charge in [-0.2, -0.15) is 0 Å². The normalized spacial score (nSPS) is 13.7. The zero-order valence-corrected chi connectivity index (χ0v) is 16.2. The number of halogens is 1. The van der Waals surface area contributed by atoms with E-state index in [0.717, 1.165) is 4.90 Å². The average Bonchev–Trinajstić information content (AvgIpc) is 2.96. The number of fused-ring (bicyclic) bond motifs is 1. The van der Waals surface area contributed by atoms with Crippen molar-refractivity contribution in [2.45, 2.75) is 13.0 Å². The average molecular weight is 413 g/mol. The molecule has 1 N–H and O–H groups in total. The molecule has 1 heterocycles. The fraction of sp³-hybridized carbons (Fsp3) is 0.143. The van der Waals surface area contributed by atoms with Gasteiger partial charge in [0.2, 0.25) is 0 Å². The number of benzene rings is 2. The van der Waals surface area contributed by atoms with Crippen LogP contribution in [0.15, 0.2) is 55.1 Å². The molecule has 1 aliphatic rings. The minimum Gasteiger partial charge on any atom is -0.449 e. The summed E-state index contributed by atoms with van der Waals surface area (Å²) < 4.78 is 5.13. The molecule has 0 saturated heterocycles. The van der Waals surface area contributed by atoms with Crippen molar-refractivity contribution in [3.63, 3.8) is 0 Å². The van der Waals surface area contributed by atoms with Crippen LogP contribution in [-0.4, -0.2) is 36.3 Å². The van der Waals surface area contributed by atoms with Gasteiger partial charge in [-0.1, -0.05) is 29.8 Å². The van der Waals surface area contributed by atoms with E-state index < -0.39 is 29.8 Å². The number of para-hydroxylation sites is 1. The number of nitrogens with one attached hydrogen (secondary N) is 1. The first-order valence-corrected chi connectivity index (χ1v) is 9.10. The lowest BCUT2D eigenvalue weighted by molar-refractivity contribution is -0.128. The maximum Gasteiger partial charge on any atom is 0.338 e. The molecule has 0 aromatic heterocycles. The number of carbonyl (C=O) groups excluding carboxylic acids is 4. The smallest absolute Gasteiger partial charge is 0.338 e. The minimum absolute atomic E-state index is 0.0503. The second kappa shape index (κ2) is 8.28. The molecule has 7 nitrogen and oxygen atoms in total. The summed E-state index contributed by atoms with van der Waals surface area (Å²) in [6, 6.07) is 10.5. The van der Waals surface area contributed by atoms with Crippen LogP contribution in [0.4, 0.5) is 5.69 Å². The van der Waals surface area contributed by atoms with Gasteiger partial charge in [-0.15, -0.1) is 6.58 Å². The molecule has 1 aliphatic heterocycles. The zero-order chi connectivity index (χ0) is 21.1. The Balaban J connectivity index is 1.83. The van der Waals surface area contributed by atoms with Crippen LogP contribution in [0.5, 0.6) is 0 Å². The van der Waals surface area contributed by atoms with Gasteiger partial charge >= 0.3 is 5.97 Å². The number of hydrogen-bond donors (Lipinski definition) is 1. The molecule has 0 fully saturated rings. The van der Waals surface area contributed by atoms with E-state index in [1.807, 2.05) is 0 Å². The Morgan fingerprint density at radius 2 is 1.86 bits per heavy atom. The molecular weight excluding hydrogens is 396 g/mol. The Morgan fingerprint density at radius 3 is 2.55 bits per heavy atom. The van der Waals surface area contributed by atoms with Gasteiger partial charge in [-0.05, 0) is 37.3 Å². The van der Waals surface area contributed by atoms with E-state index in [1.165, 1.54) is 31.2 Å². The van der Waals surface area contributed by atoms with Crippen molar-refractivity contribution < 1.29 is 23.9 Å². The molecule has 1 atom stereocenters. The molecule has 8 heteroatoms. The lowest BCUT2D eigenvalue weighted by atomic mass is 10.1. The quantitative estimate of drug-likeness (QED) is 0.447. The number of imide groups is 1. The van der Waals surface area contributed by atoms with Crippen molar-refractivity contribution >= 4 is 41.0 Å². The molecule has 0 unspecified atom stereocenters. The van der Waals surface area contributed by atoms with Crippen molar-refractivity contribution in [2.24, 2.45) is 0 Å². The number of hydrogen-bond acceptors (Lipinski definition) is 5. The first kappa shape index (κ1) is 20.3. The number of esters is 1. The highest BCUT2D eigenvalue weighted by atomic mass is 35.5. The molecule has 0 bridgehead atoms.